The molecule has 0 unspecified atom stereocenters. The van der Waals surface area contributed by atoms with E-state index in [1.54, 1.807) is 6.92 Å². The Morgan fingerprint density at radius 3 is 2.86 bits per heavy atom. The maximum Gasteiger partial charge on any atom is 0.294 e. The van der Waals surface area contributed by atoms with E-state index >= 15 is 0 Å². The van der Waals surface area contributed by atoms with Crippen LogP contribution in [0, 0.1) is 6.92 Å². The largest absolute Gasteiger partial charge is 0.334 e. The molecule has 6 heteroatoms. The molecular weight excluding hydrogens is 200 g/mol. The highest BCUT2D eigenvalue weighted by atomic mass is 32.2. The average molecular weight is 214 g/mol. The molecule has 0 atom stereocenters. The highest BCUT2D eigenvalue weighted by Gasteiger charge is 2.06. The Morgan fingerprint density at radius 1 is 1.50 bits per heavy atom. The molecule has 1 aromatic rings. The van der Waals surface area contributed by atoms with Gasteiger partial charge >= 0.3 is 0 Å². The van der Waals surface area contributed by atoms with Crippen LogP contribution < -0.4 is 11.4 Å². The van der Waals surface area contributed by atoms with E-state index in [4.69, 9.17) is 5.84 Å². The van der Waals surface area contributed by atoms with E-state index in [1.165, 1.54) is 11.8 Å². The Bertz CT molecular complexity index is 363. The molecule has 1 aromatic heterocycles. The molecular formula is C8H14N4OS. The summed E-state index contributed by atoms with van der Waals surface area (Å²) in [5.41, 5.74) is 0.0475. The number of aryl methyl sites for hydroxylation is 1. The molecule has 0 fully saturated rings. The van der Waals surface area contributed by atoms with Gasteiger partial charge in [-0.15, -0.1) is 10.2 Å². The van der Waals surface area contributed by atoms with Crippen molar-refractivity contribution < 1.29 is 0 Å². The molecule has 0 aromatic carbocycles. The zero-order valence-corrected chi connectivity index (χ0v) is 9.17. The predicted molar refractivity (Wildman–Crippen MR) is 56.8 cm³/mol. The Balaban J connectivity index is 2.79. The van der Waals surface area contributed by atoms with Crippen LogP contribution in [0.5, 0.6) is 0 Å². The highest BCUT2D eigenvalue weighted by molar-refractivity contribution is 7.99. The Hall–Kier alpha value is -1.04. The lowest BCUT2D eigenvalue weighted by Gasteiger charge is -2.04. The molecule has 0 amide bonds. The van der Waals surface area contributed by atoms with Gasteiger partial charge in [-0.3, -0.25) is 4.79 Å². The SMILES string of the molecule is CCCCSc1nnc(C)c(=O)n1N. The molecule has 78 valence electrons. The van der Waals surface area contributed by atoms with E-state index in [1.807, 2.05) is 0 Å². The highest BCUT2D eigenvalue weighted by Crippen LogP contribution is 2.12. The number of thioether (sulfide) groups is 1. The van der Waals surface area contributed by atoms with Crippen molar-refractivity contribution in [1.82, 2.24) is 14.9 Å². The number of rotatable bonds is 4. The number of hydrogen-bond donors (Lipinski definition) is 1. The van der Waals surface area contributed by atoms with E-state index in [0.29, 0.717) is 10.9 Å². The van der Waals surface area contributed by atoms with Gasteiger partial charge in [-0.25, -0.2) is 0 Å². The molecule has 0 aliphatic carbocycles. The second kappa shape index (κ2) is 4.99. The van der Waals surface area contributed by atoms with Crippen LogP contribution >= 0.6 is 11.8 Å². The van der Waals surface area contributed by atoms with Gasteiger partial charge in [0.15, 0.2) is 0 Å². The smallest absolute Gasteiger partial charge is 0.294 e. The Morgan fingerprint density at radius 2 is 2.21 bits per heavy atom. The summed E-state index contributed by atoms with van der Waals surface area (Å²) in [5, 5.41) is 8.08. The quantitative estimate of drug-likeness (QED) is 0.450. The van der Waals surface area contributed by atoms with Gasteiger partial charge in [0.25, 0.3) is 5.56 Å². The fourth-order valence-electron chi connectivity index (χ4n) is 0.876. The molecule has 5 nitrogen and oxygen atoms in total. The molecule has 1 heterocycles. The summed E-state index contributed by atoms with van der Waals surface area (Å²) >= 11 is 1.46. The third-order valence-corrected chi connectivity index (χ3v) is 2.78. The minimum atomic E-state index is -0.279. The van der Waals surface area contributed by atoms with Crippen LogP contribution in [-0.4, -0.2) is 20.6 Å². The van der Waals surface area contributed by atoms with Crippen molar-refractivity contribution in [2.45, 2.75) is 31.8 Å². The Kier molecular flexibility index (Phi) is 3.94. The normalized spacial score (nSPS) is 10.4. The first kappa shape index (κ1) is 11.0. The van der Waals surface area contributed by atoms with Crippen molar-refractivity contribution in [2.75, 3.05) is 11.6 Å². The van der Waals surface area contributed by atoms with Crippen LogP contribution in [0.4, 0.5) is 0 Å². The van der Waals surface area contributed by atoms with Crippen molar-refractivity contribution in [3.05, 3.63) is 16.0 Å². The third kappa shape index (κ3) is 2.47. The molecule has 0 radical (unpaired) electrons. The zero-order valence-electron chi connectivity index (χ0n) is 8.36. The van der Waals surface area contributed by atoms with Crippen molar-refractivity contribution in [3.8, 4) is 0 Å². The summed E-state index contributed by atoms with van der Waals surface area (Å²) in [6.07, 6.45) is 2.19. The van der Waals surface area contributed by atoms with Crippen molar-refractivity contribution in [3.63, 3.8) is 0 Å². The number of nitrogens with zero attached hydrogens (tertiary/aromatic N) is 3. The minimum Gasteiger partial charge on any atom is -0.334 e. The lowest BCUT2D eigenvalue weighted by atomic mass is 10.4. The maximum atomic E-state index is 11.3. The molecule has 1 rings (SSSR count). The molecule has 2 N–H and O–H groups in total. The average Bonchev–Trinajstić information content (AvgIpc) is 2.18. The topological polar surface area (TPSA) is 73.8 Å². The molecule has 0 aliphatic rings. The van der Waals surface area contributed by atoms with Gasteiger partial charge < -0.3 is 5.84 Å². The van der Waals surface area contributed by atoms with E-state index in [9.17, 15) is 4.79 Å². The van der Waals surface area contributed by atoms with Gasteiger partial charge in [0.2, 0.25) is 5.16 Å². The van der Waals surface area contributed by atoms with Gasteiger partial charge in [-0.2, -0.15) is 4.68 Å². The van der Waals surface area contributed by atoms with E-state index in [-0.39, 0.29) is 5.56 Å². The minimum absolute atomic E-state index is 0.279. The monoisotopic (exact) mass is 214 g/mol. The van der Waals surface area contributed by atoms with E-state index in [2.05, 4.69) is 17.1 Å². The summed E-state index contributed by atoms with van der Waals surface area (Å²) < 4.78 is 1.06. The Labute approximate surface area is 86.7 Å². The van der Waals surface area contributed by atoms with Gasteiger partial charge in [0.1, 0.15) is 5.69 Å². The molecule has 0 spiro atoms. The fraction of sp³-hybridized carbons (Fsp3) is 0.625. The number of aromatic nitrogens is 3. The maximum absolute atomic E-state index is 11.3. The fourth-order valence-corrected chi connectivity index (χ4v) is 1.81. The van der Waals surface area contributed by atoms with Crippen LogP contribution in [0.15, 0.2) is 9.95 Å². The van der Waals surface area contributed by atoms with Gasteiger partial charge in [-0.1, -0.05) is 25.1 Å². The number of unbranched alkanes of at least 4 members (excludes halogenated alkanes) is 1. The first-order chi connectivity index (χ1) is 6.66. The molecule has 0 saturated heterocycles. The summed E-state index contributed by atoms with van der Waals surface area (Å²) in [4.78, 5) is 11.3. The van der Waals surface area contributed by atoms with Gasteiger partial charge in [0, 0.05) is 5.75 Å². The van der Waals surface area contributed by atoms with Crippen LogP contribution in [-0.2, 0) is 0 Å². The summed E-state index contributed by atoms with van der Waals surface area (Å²) in [6, 6.07) is 0. The first-order valence-corrected chi connectivity index (χ1v) is 5.49. The van der Waals surface area contributed by atoms with Crippen molar-refractivity contribution in [1.29, 1.82) is 0 Å². The first-order valence-electron chi connectivity index (χ1n) is 4.51. The third-order valence-electron chi connectivity index (χ3n) is 1.75. The van der Waals surface area contributed by atoms with E-state index < -0.39 is 0 Å². The molecule has 0 bridgehead atoms. The second-order valence-corrected chi connectivity index (χ2v) is 4.01. The van der Waals surface area contributed by atoms with Gasteiger partial charge in [-0.05, 0) is 13.3 Å². The van der Waals surface area contributed by atoms with Crippen LogP contribution in [0.2, 0.25) is 0 Å². The molecule has 14 heavy (non-hydrogen) atoms. The summed E-state index contributed by atoms with van der Waals surface area (Å²) in [6.45, 7) is 3.70. The lowest BCUT2D eigenvalue weighted by molar-refractivity contribution is 0.681. The summed E-state index contributed by atoms with van der Waals surface area (Å²) in [5.74, 6) is 6.45. The standard InChI is InChI=1S/C8H14N4OS/c1-3-4-5-14-8-11-10-6(2)7(13)12(8)9/h3-5,9H2,1-2H3. The van der Waals surface area contributed by atoms with Crippen molar-refractivity contribution in [2.24, 2.45) is 0 Å². The van der Waals surface area contributed by atoms with E-state index in [0.717, 1.165) is 23.3 Å². The van der Waals surface area contributed by atoms with Crippen molar-refractivity contribution >= 4 is 11.8 Å². The van der Waals surface area contributed by atoms with Crippen LogP contribution in [0.25, 0.3) is 0 Å². The second-order valence-electron chi connectivity index (χ2n) is 2.95. The molecule has 0 aliphatic heterocycles. The van der Waals surface area contributed by atoms with Crippen LogP contribution in [0.3, 0.4) is 0 Å². The number of nitrogens with two attached hydrogens (primary N) is 1. The molecule has 0 saturated carbocycles. The van der Waals surface area contributed by atoms with Gasteiger partial charge in [0.05, 0.1) is 0 Å². The van der Waals surface area contributed by atoms with Crippen LogP contribution in [0.1, 0.15) is 25.5 Å². The predicted octanol–water partition coefficient (Wildman–Crippen LogP) is 0.553. The number of hydrogen-bond acceptors (Lipinski definition) is 5. The summed E-state index contributed by atoms with van der Waals surface area (Å²) in [7, 11) is 0. The number of nitrogen functional groups attached to an aromatic ring is 1. The zero-order chi connectivity index (χ0) is 10.6. The lowest BCUT2D eigenvalue weighted by Crippen LogP contribution is -2.32.